The van der Waals surface area contributed by atoms with Crippen LogP contribution < -0.4 is 10.6 Å². The van der Waals surface area contributed by atoms with Gasteiger partial charge in [0, 0.05) is 32.4 Å². The van der Waals surface area contributed by atoms with Crippen molar-refractivity contribution in [2.45, 2.75) is 57.0 Å². The van der Waals surface area contributed by atoms with Gasteiger partial charge in [0.05, 0.1) is 40.1 Å². The first-order valence-electron chi connectivity index (χ1n) is 12.7. The summed E-state index contributed by atoms with van der Waals surface area (Å²) >= 11 is 6.38. The summed E-state index contributed by atoms with van der Waals surface area (Å²) in [6, 6.07) is 6.03. The lowest BCUT2D eigenvalue weighted by Gasteiger charge is -2.57. The first-order valence-corrected chi connectivity index (χ1v) is 13.1. The van der Waals surface area contributed by atoms with Crippen LogP contribution in [0.4, 0.5) is 5.82 Å². The Labute approximate surface area is 216 Å². The van der Waals surface area contributed by atoms with E-state index >= 15 is 0 Å². The van der Waals surface area contributed by atoms with E-state index < -0.39 is 16.9 Å². The zero-order valence-corrected chi connectivity index (χ0v) is 21.3. The predicted octanol–water partition coefficient (Wildman–Crippen LogP) is 3.04. The maximum absolute atomic E-state index is 12.1. The van der Waals surface area contributed by atoms with E-state index in [-0.39, 0.29) is 24.3 Å². The Hall–Kier alpha value is -2.88. The molecule has 0 spiro atoms. The van der Waals surface area contributed by atoms with Crippen LogP contribution in [-0.4, -0.2) is 64.6 Å². The van der Waals surface area contributed by atoms with Gasteiger partial charge in [0.2, 0.25) is 0 Å². The number of aliphatic imine (C=N–C) groups is 1. The summed E-state index contributed by atoms with van der Waals surface area (Å²) in [6.45, 7) is 4.63. The largest absolute Gasteiger partial charge is 0.481 e. The average Bonchev–Trinajstić information content (AvgIpc) is 2.85. The van der Waals surface area contributed by atoms with Gasteiger partial charge >= 0.3 is 5.97 Å². The lowest BCUT2D eigenvalue weighted by Crippen LogP contribution is -2.62. The third-order valence-electron chi connectivity index (χ3n) is 9.17. The summed E-state index contributed by atoms with van der Waals surface area (Å²) in [6.07, 6.45) is 5.97. The minimum Gasteiger partial charge on any atom is -0.481 e. The number of hydrogen-bond acceptors (Lipinski definition) is 7. The number of rotatable bonds is 6. The maximum atomic E-state index is 12.1. The fourth-order valence-corrected chi connectivity index (χ4v) is 7.71. The topological polar surface area (TPSA) is 143 Å². The third-order valence-corrected chi connectivity index (χ3v) is 9.45. The molecule has 190 valence electrons. The molecule has 1 aliphatic heterocycles. The van der Waals surface area contributed by atoms with E-state index in [0.29, 0.717) is 67.2 Å². The SMILES string of the molecule is CC(CC#N)(C(N)=NC1C2CC3CC1CC(C(=O)O)(C3)C2)N1CCN(c2ncc(C#N)cc2Cl)CC1. The molecule has 9 nitrogen and oxygen atoms in total. The zero-order valence-electron chi connectivity index (χ0n) is 20.5. The molecular weight excluding hydrogens is 478 g/mol. The van der Waals surface area contributed by atoms with Crippen LogP contribution in [-0.2, 0) is 4.79 Å². The fourth-order valence-electron chi connectivity index (χ4n) is 7.42. The number of amidine groups is 1. The van der Waals surface area contributed by atoms with Crippen molar-refractivity contribution >= 4 is 29.2 Å². The zero-order chi connectivity index (χ0) is 25.7. The van der Waals surface area contributed by atoms with Crippen molar-refractivity contribution in [3.8, 4) is 12.1 Å². The van der Waals surface area contributed by atoms with E-state index in [4.69, 9.17) is 27.6 Å². The van der Waals surface area contributed by atoms with Crippen LogP contribution in [0.25, 0.3) is 0 Å². The molecule has 6 rings (SSSR count). The Morgan fingerprint density at radius 2 is 1.94 bits per heavy atom. The van der Waals surface area contributed by atoms with Crippen molar-refractivity contribution < 1.29 is 9.90 Å². The van der Waals surface area contributed by atoms with Crippen LogP contribution in [0.5, 0.6) is 0 Å². The van der Waals surface area contributed by atoms with Gasteiger partial charge in [0.25, 0.3) is 0 Å². The highest BCUT2D eigenvalue weighted by atomic mass is 35.5. The van der Waals surface area contributed by atoms with E-state index in [2.05, 4.69) is 26.9 Å². The number of carboxylic acids is 1. The van der Waals surface area contributed by atoms with Crippen LogP contribution in [0, 0.1) is 45.8 Å². The predicted molar refractivity (Wildman–Crippen MR) is 135 cm³/mol. The highest BCUT2D eigenvalue weighted by Gasteiger charge is 2.59. The summed E-state index contributed by atoms with van der Waals surface area (Å²) in [5.41, 5.74) is 5.84. The van der Waals surface area contributed by atoms with Gasteiger partial charge in [-0.1, -0.05) is 11.6 Å². The second-order valence-electron chi connectivity index (χ2n) is 11.3. The molecule has 3 unspecified atom stereocenters. The number of nitrogens with zero attached hydrogens (tertiary/aromatic N) is 6. The van der Waals surface area contributed by atoms with Crippen LogP contribution >= 0.6 is 11.6 Å². The molecule has 4 saturated carbocycles. The average molecular weight is 510 g/mol. The number of aliphatic carboxylic acids is 1. The first kappa shape index (κ1) is 24.8. The smallest absolute Gasteiger partial charge is 0.309 e. The number of aromatic nitrogens is 1. The quantitative estimate of drug-likeness (QED) is 0.440. The number of carbonyl (C=O) groups is 1. The molecule has 5 aliphatic rings. The fraction of sp³-hybridized carbons (Fsp3) is 0.654. The number of carboxylic acid groups (broad SMARTS) is 1. The van der Waals surface area contributed by atoms with E-state index in [9.17, 15) is 15.2 Å². The van der Waals surface area contributed by atoms with Crippen molar-refractivity contribution in [2.24, 2.45) is 33.9 Å². The lowest BCUT2D eigenvalue weighted by molar-refractivity contribution is -0.166. The number of pyridine rings is 1. The molecule has 36 heavy (non-hydrogen) atoms. The third kappa shape index (κ3) is 4.09. The summed E-state index contributed by atoms with van der Waals surface area (Å²) in [4.78, 5) is 25.8. The monoisotopic (exact) mass is 509 g/mol. The van der Waals surface area contributed by atoms with E-state index in [1.807, 2.05) is 6.92 Å². The molecule has 5 fully saturated rings. The van der Waals surface area contributed by atoms with Gasteiger partial charge in [-0.05, 0) is 62.8 Å². The van der Waals surface area contributed by atoms with Gasteiger partial charge < -0.3 is 15.7 Å². The second kappa shape index (κ2) is 9.21. The highest BCUT2D eigenvalue weighted by Crippen LogP contribution is 2.61. The molecular formula is C26H32ClN7O2. The molecule has 1 saturated heterocycles. The van der Waals surface area contributed by atoms with Gasteiger partial charge in [0.15, 0.2) is 0 Å². The van der Waals surface area contributed by atoms with Crippen molar-refractivity contribution in [3.05, 3.63) is 22.8 Å². The van der Waals surface area contributed by atoms with Crippen molar-refractivity contribution in [1.29, 1.82) is 10.5 Å². The number of hydrogen-bond donors (Lipinski definition) is 2. The van der Waals surface area contributed by atoms with Gasteiger partial charge in [0.1, 0.15) is 17.7 Å². The molecule has 1 aromatic heterocycles. The maximum Gasteiger partial charge on any atom is 0.309 e. The van der Waals surface area contributed by atoms with Gasteiger partial charge in [-0.25, -0.2) is 4.98 Å². The van der Waals surface area contributed by atoms with E-state index in [0.717, 1.165) is 19.3 Å². The number of nitrogens with two attached hydrogens (primary N) is 1. The number of halogens is 1. The normalized spacial score (nSPS) is 33.6. The summed E-state index contributed by atoms with van der Waals surface area (Å²) < 4.78 is 0. The van der Waals surface area contributed by atoms with Gasteiger partial charge in [-0.3, -0.25) is 14.7 Å². The number of piperazine rings is 1. The van der Waals surface area contributed by atoms with Crippen LogP contribution in [0.2, 0.25) is 5.02 Å². The molecule has 4 aliphatic carbocycles. The van der Waals surface area contributed by atoms with Crippen LogP contribution in [0.1, 0.15) is 51.0 Å². The molecule has 4 bridgehead atoms. The summed E-state index contributed by atoms with van der Waals surface area (Å²) in [5, 5.41) is 29.1. The molecule has 0 amide bonds. The van der Waals surface area contributed by atoms with Crippen LogP contribution in [0.3, 0.4) is 0 Å². The second-order valence-corrected chi connectivity index (χ2v) is 11.7. The van der Waals surface area contributed by atoms with Crippen LogP contribution in [0.15, 0.2) is 17.3 Å². The Bertz CT molecular complexity index is 1150. The molecule has 0 aromatic carbocycles. The van der Waals surface area contributed by atoms with E-state index in [1.165, 1.54) is 6.20 Å². The molecule has 3 atom stereocenters. The lowest BCUT2D eigenvalue weighted by atomic mass is 9.48. The molecule has 1 aromatic rings. The minimum atomic E-state index is -0.706. The van der Waals surface area contributed by atoms with Crippen molar-refractivity contribution in [2.75, 3.05) is 31.1 Å². The molecule has 0 radical (unpaired) electrons. The van der Waals surface area contributed by atoms with Gasteiger partial charge in [-0.2, -0.15) is 10.5 Å². The Kier molecular flexibility index (Phi) is 6.34. The number of anilines is 1. The van der Waals surface area contributed by atoms with Crippen molar-refractivity contribution in [3.63, 3.8) is 0 Å². The number of nitriles is 2. The standard InChI is InChI=1S/C26H32ClN7O2/c1-25(2-3-28,34-6-4-33(5-7-34)22-20(27)10-17(14-29)15-31-22)23(30)32-21-18-8-16-9-19(21)13-26(11-16,12-18)24(35)36/h10,15-16,18-19,21H,2,4-9,11-13H2,1H3,(H2,30,32)(H,35,36). The summed E-state index contributed by atoms with van der Waals surface area (Å²) in [7, 11) is 0. The Morgan fingerprint density at radius 1 is 1.28 bits per heavy atom. The first-order chi connectivity index (χ1) is 17.2. The van der Waals surface area contributed by atoms with Gasteiger partial charge in [-0.15, -0.1) is 0 Å². The summed E-state index contributed by atoms with van der Waals surface area (Å²) in [5.74, 6) is 1.46. The Balaban J connectivity index is 1.32. The Morgan fingerprint density at radius 3 is 2.50 bits per heavy atom. The highest BCUT2D eigenvalue weighted by molar-refractivity contribution is 6.33. The molecule has 2 heterocycles. The van der Waals surface area contributed by atoms with E-state index in [1.54, 1.807) is 6.07 Å². The minimum absolute atomic E-state index is 0.0370. The molecule has 3 N–H and O–H groups in total. The van der Waals surface area contributed by atoms with Crippen molar-refractivity contribution in [1.82, 2.24) is 9.88 Å². The molecule has 10 heteroatoms.